The molecule has 0 spiro atoms. The lowest BCUT2D eigenvalue weighted by Gasteiger charge is -2.26. The molecule has 1 saturated carbocycles. The lowest BCUT2D eigenvalue weighted by Crippen LogP contribution is -2.28. The Hall–Kier alpha value is -3.94. The number of anilines is 2. The zero-order chi connectivity index (χ0) is 24.6. The van der Waals surface area contributed by atoms with Crippen LogP contribution in [0.25, 0.3) is 22.3 Å². The number of hydrogen-bond donors (Lipinski definition) is 0. The van der Waals surface area contributed by atoms with Gasteiger partial charge in [-0.25, -0.2) is 4.98 Å². The van der Waals surface area contributed by atoms with Gasteiger partial charge >= 0.3 is 0 Å². The average molecular weight is 472 g/mol. The molecule has 2 aromatic heterocycles. The van der Waals surface area contributed by atoms with Crippen molar-refractivity contribution in [2.45, 2.75) is 32.2 Å². The van der Waals surface area contributed by atoms with Crippen LogP contribution in [-0.2, 0) is 10.3 Å². The number of ether oxygens (including phenoxy) is 2. The summed E-state index contributed by atoms with van der Waals surface area (Å²) in [5.74, 6) is 2.16. The van der Waals surface area contributed by atoms with Crippen LogP contribution in [0, 0.1) is 5.92 Å². The van der Waals surface area contributed by atoms with E-state index in [1.165, 1.54) is 12.8 Å². The Morgan fingerprint density at radius 1 is 1.03 bits per heavy atom. The monoisotopic (exact) mass is 471 g/mol. The van der Waals surface area contributed by atoms with Crippen molar-refractivity contribution < 1.29 is 14.3 Å². The van der Waals surface area contributed by atoms with Crippen LogP contribution >= 0.6 is 0 Å². The van der Waals surface area contributed by atoms with Crippen molar-refractivity contribution in [3.8, 4) is 22.8 Å². The topological polar surface area (TPSA) is 82.4 Å². The smallest absolute Gasteiger partial charge is 0.147 e. The largest absolute Gasteiger partial charge is 0.497 e. The predicted octanol–water partition coefficient (Wildman–Crippen LogP) is 4.99. The Morgan fingerprint density at radius 2 is 1.77 bits per heavy atom. The molecule has 0 aliphatic heterocycles. The number of fused-ring (bicyclic) bond motifs is 1. The van der Waals surface area contributed by atoms with Gasteiger partial charge in [-0.05, 0) is 50.8 Å². The molecule has 0 N–H and O–H groups in total. The highest BCUT2D eigenvalue weighted by atomic mass is 16.5. The van der Waals surface area contributed by atoms with E-state index in [0.29, 0.717) is 11.6 Å². The van der Waals surface area contributed by atoms with E-state index in [-0.39, 0.29) is 0 Å². The van der Waals surface area contributed by atoms with Gasteiger partial charge in [-0.2, -0.15) is 5.10 Å². The summed E-state index contributed by atoms with van der Waals surface area (Å²) < 4.78 is 12.7. The third-order valence-corrected chi connectivity index (χ3v) is 6.38. The number of benzene rings is 2. The Labute approximate surface area is 204 Å². The zero-order valence-electron chi connectivity index (χ0n) is 20.4. The highest BCUT2D eigenvalue weighted by molar-refractivity contribution is 5.82. The minimum absolute atomic E-state index is 0.660. The highest BCUT2D eigenvalue weighted by Crippen LogP contribution is 2.38. The molecule has 0 unspecified atom stereocenters. The number of hydrogen-bond acceptors (Lipinski definition) is 7. The van der Waals surface area contributed by atoms with Crippen molar-refractivity contribution in [1.29, 1.82) is 0 Å². The van der Waals surface area contributed by atoms with Crippen LogP contribution < -0.4 is 14.4 Å². The van der Waals surface area contributed by atoms with Crippen LogP contribution in [-0.4, -0.2) is 46.8 Å². The number of nitrogens with zero attached hydrogens (tertiary/aromatic N) is 5. The normalized spacial score (nSPS) is 13.6. The summed E-state index contributed by atoms with van der Waals surface area (Å²) in [4.78, 5) is 23.2. The van der Waals surface area contributed by atoms with Crippen LogP contribution in [0.4, 0.5) is 11.4 Å². The Bertz CT molecular complexity index is 1350. The summed E-state index contributed by atoms with van der Waals surface area (Å²) in [6.45, 7) is 4.54. The standard InChI is InChI=1S/C27H29N5O3/c1-27(2,17-33)32-16-19(13-29-32)26-14-28-24-8-7-20(11-25(24)30-26)31(15-18-5-6-18)21-9-22(34-3)12-23(10-21)35-4/h7-14,16-18H,5-6,15H2,1-4H3. The van der Waals surface area contributed by atoms with Crippen molar-refractivity contribution >= 4 is 28.7 Å². The van der Waals surface area contributed by atoms with Gasteiger partial charge in [0.15, 0.2) is 0 Å². The quantitative estimate of drug-likeness (QED) is 0.318. The maximum Gasteiger partial charge on any atom is 0.147 e. The van der Waals surface area contributed by atoms with Gasteiger partial charge in [-0.3, -0.25) is 9.67 Å². The number of carbonyl (C=O) groups is 1. The van der Waals surface area contributed by atoms with Crippen LogP contribution in [0.3, 0.4) is 0 Å². The molecule has 180 valence electrons. The second kappa shape index (κ2) is 9.02. The van der Waals surface area contributed by atoms with Crippen molar-refractivity contribution in [2.24, 2.45) is 5.92 Å². The van der Waals surface area contributed by atoms with Gasteiger partial charge in [0.05, 0.1) is 43.3 Å². The van der Waals surface area contributed by atoms with E-state index >= 15 is 0 Å². The van der Waals surface area contributed by atoms with E-state index in [4.69, 9.17) is 14.5 Å². The molecule has 0 radical (unpaired) electrons. The molecule has 1 aliphatic rings. The maximum atomic E-state index is 11.4. The van der Waals surface area contributed by atoms with Crippen LogP contribution in [0.5, 0.6) is 11.5 Å². The van der Waals surface area contributed by atoms with E-state index in [2.05, 4.69) is 27.1 Å². The van der Waals surface area contributed by atoms with E-state index in [0.717, 1.165) is 52.3 Å². The fraction of sp³-hybridized carbons (Fsp3) is 0.333. The van der Waals surface area contributed by atoms with Crippen molar-refractivity contribution in [1.82, 2.24) is 19.7 Å². The first-order valence-electron chi connectivity index (χ1n) is 11.7. The minimum atomic E-state index is -0.725. The molecule has 8 nitrogen and oxygen atoms in total. The molecule has 0 atom stereocenters. The van der Waals surface area contributed by atoms with Gasteiger partial charge in [0.25, 0.3) is 0 Å². The van der Waals surface area contributed by atoms with E-state index in [1.807, 2.05) is 44.3 Å². The third-order valence-electron chi connectivity index (χ3n) is 6.38. The molecular formula is C27H29N5O3. The second-order valence-corrected chi connectivity index (χ2v) is 9.50. The van der Waals surface area contributed by atoms with E-state index < -0.39 is 5.54 Å². The van der Waals surface area contributed by atoms with Gasteiger partial charge in [-0.1, -0.05) is 0 Å². The molecule has 2 heterocycles. The summed E-state index contributed by atoms with van der Waals surface area (Å²) in [7, 11) is 3.32. The maximum absolute atomic E-state index is 11.4. The lowest BCUT2D eigenvalue weighted by atomic mass is 10.1. The Kier molecular flexibility index (Phi) is 5.88. The molecule has 1 aliphatic carbocycles. The Balaban J connectivity index is 1.54. The molecule has 2 aromatic carbocycles. The summed E-state index contributed by atoms with van der Waals surface area (Å²) in [6.07, 6.45) is 8.63. The average Bonchev–Trinajstić information content (AvgIpc) is 3.57. The van der Waals surface area contributed by atoms with Crippen molar-refractivity contribution in [2.75, 3.05) is 25.7 Å². The van der Waals surface area contributed by atoms with Gasteiger partial charge < -0.3 is 19.2 Å². The fourth-order valence-electron chi connectivity index (χ4n) is 4.00. The first-order valence-corrected chi connectivity index (χ1v) is 11.7. The summed E-state index contributed by atoms with van der Waals surface area (Å²) in [5, 5.41) is 4.36. The highest BCUT2D eigenvalue weighted by Gasteiger charge is 2.26. The first kappa shape index (κ1) is 22.8. The SMILES string of the molecule is COc1cc(OC)cc(N(CC2CC2)c2ccc3ncc(-c4cnn(C(C)(C)C=O)c4)nc3c2)c1. The Morgan fingerprint density at radius 3 is 2.43 bits per heavy atom. The van der Waals surface area contributed by atoms with Crippen LogP contribution in [0.1, 0.15) is 26.7 Å². The van der Waals surface area contributed by atoms with Crippen molar-refractivity contribution in [3.63, 3.8) is 0 Å². The lowest BCUT2D eigenvalue weighted by molar-refractivity contribution is -0.114. The molecule has 0 amide bonds. The molecule has 35 heavy (non-hydrogen) atoms. The number of methoxy groups -OCH3 is 2. The van der Waals surface area contributed by atoms with Gasteiger partial charge in [0, 0.05) is 47.9 Å². The van der Waals surface area contributed by atoms with Gasteiger partial charge in [-0.15, -0.1) is 0 Å². The van der Waals surface area contributed by atoms with E-state index in [9.17, 15) is 4.79 Å². The summed E-state index contributed by atoms with van der Waals surface area (Å²) >= 11 is 0. The van der Waals surface area contributed by atoms with E-state index in [1.54, 1.807) is 31.3 Å². The molecule has 0 saturated heterocycles. The molecule has 0 bridgehead atoms. The molecule has 5 rings (SSSR count). The van der Waals surface area contributed by atoms with Crippen LogP contribution in [0.2, 0.25) is 0 Å². The number of rotatable bonds is 9. The number of aromatic nitrogens is 4. The van der Waals surface area contributed by atoms with Crippen molar-refractivity contribution in [3.05, 3.63) is 55.0 Å². The minimum Gasteiger partial charge on any atom is -0.497 e. The summed E-state index contributed by atoms with van der Waals surface area (Å²) in [5.41, 5.74) is 4.44. The molecule has 4 aromatic rings. The predicted molar refractivity (Wildman–Crippen MR) is 135 cm³/mol. The van der Waals surface area contributed by atoms with Gasteiger partial charge in [0.1, 0.15) is 23.3 Å². The molecule has 8 heteroatoms. The fourth-order valence-corrected chi connectivity index (χ4v) is 4.00. The molecular weight excluding hydrogens is 442 g/mol. The first-order chi connectivity index (χ1) is 16.9. The van der Waals surface area contributed by atoms with Crippen LogP contribution in [0.15, 0.2) is 55.0 Å². The van der Waals surface area contributed by atoms with Gasteiger partial charge in [0.2, 0.25) is 0 Å². The molecule has 1 fully saturated rings. The summed E-state index contributed by atoms with van der Waals surface area (Å²) in [6, 6.07) is 12.1. The third kappa shape index (κ3) is 4.69. The zero-order valence-corrected chi connectivity index (χ0v) is 20.4. The second-order valence-electron chi connectivity index (χ2n) is 9.50. The number of carbonyl (C=O) groups excluding carboxylic acids is 1. The number of aldehydes is 1.